The van der Waals surface area contributed by atoms with Crippen molar-refractivity contribution in [1.82, 2.24) is 29.9 Å². The van der Waals surface area contributed by atoms with Gasteiger partial charge in [0.15, 0.2) is 0 Å². The van der Waals surface area contributed by atoms with E-state index < -0.39 is 10.0 Å². The van der Waals surface area contributed by atoms with Crippen LogP contribution in [-0.2, 0) is 10.0 Å². The maximum Gasteiger partial charge on any atom is 0.245 e. The smallest absolute Gasteiger partial charge is 0.245 e. The highest BCUT2D eigenvalue weighted by atomic mass is 32.2. The molecule has 0 unspecified atom stereocenters. The Balaban J connectivity index is 1.23. The van der Waals surface area contributed by atoms with E-state index >= 15 is 0 Å². The second-order valence-electron chi connectivity index (χ2n) is 9.66. The molecule has 0 amide bonds. The molecule has 0 bridgehead atoms. The Hall–Kier alpha value is -3.77. The van der Waals surface area contributed by atoms with E-state index in [1.54, 1.807) is 28.8 Å². The number of benzene rings is 2. The predicted molar refractivity (Wildman–Crippen MR) is 156 cm³/mol. The molecule has 0 spiro atoms. The van der Waals surface area contributed by atoms with Gasteiger partial charge in [-0.25, -0.2) is 18.4 Å². The Morgan fingerprint density at radius 1 is 0.872 bits per heavy atom. The summed E-state index contributed by atoms with van der Waals surface area (Å²) in [7, 11) is -3.61. The van der Waals surface area contributed by atoms with Crippen molar-refractivity contribution in [1.29, 1.82) is 0 Å². The zero-order valence-corrected chi connectivity index (χ0v) is 22.4. The van der Waals surface area contributed by atoms with Crippen LogP contribution in [0.4, 0.5) is 17.3 Å². The van der Waals surface area contributed by atoms with Crippen molar-refractivity contribution in [3.05, 3.63) is 72.2 Å². The molecule has 2 aliphatic heterocycles. The highest BCUT2D eigenvalue weighted by Crippen LogP contribution is 2.32. The van der Waals surface area contributed by atoms with Gasteiger partial charge in [0.1, 0.15) is 4.90 Å². The first-order chi connectivity index (χ1) is 19.1. The predicted octanol–water partition coefficient (Wildman–Crippen LogP) is 2.88. The lowest BCUT2D eigenvalue weighted by Crippen LogP contribution is -2.47. The maximum absolute atomic E-state index is 13.6. The van der Waals surface area contributed by atoms with Crippen LogP contribution in [0.2, 0.25) is 0 Å². The van der Waals surface area contributed by atoms with Gasteiger partial charge >= 0.3 is 0 Å². The van der Waals surface area contributed by atoms with Gasteiger partial charge in [-0.05, 0) is 35.9 Å². The number of piperazine rings is 2. The molecule has 2 fully saturated rings. The number of hydrogen-bond donors (Lipinski definition) is 4. The average molecular weight is 545 g/mol. The third-order valence-corrected chi connectivity index (χ3v) is 9.07. The van der Waals surface area contributed by atoms with Crippen molar-refractivity contribution >= 4 is 50.4 Å². The summed E-state index contributed by atoms with van der Waals surface area (Å²) in [5, 5.41) is 11.0. The number of nitrogens with one attached hydrogen (secondary N) is 4. The largest absolute Gasteiger partial charge is 0.368 e. The lowest BCUT2D eigenvalue weighted by molar-refractivity contribution is 0.360. The summed E-state index contributed by atoms with van der Waals surface area (Å²) in [5.74, 6) is 0.448. The zero-order chi connectivity index (χ0) is 26.7. The second kappa shape index (κ2) is 11.1. The molecule has 0 saturated carbocycles. The van der Waals surface area contributed by atoms with Gasteiger partial charge in [0.05, 0.1) is 5.69 Å². The Labute approximate surface area is 228 Å². The van der Waals surface area contributed by atoms with Crippen LogP contribution in [0.1, 0.15) is 11.1 Å². The summed E-state index contributed by atoms with van der Waals surface area (Å²) in [6.07, 6.45) is 9.52. The Bertz CT molecular complexity index is 1570. The molecule has 10 nitrogen and oxygen atoms in total. The number of anilines is 3. The van der Waals surface area contributed by atoms with Crippen molar-refractivity contribution in [2.45, 2.75) is 4.90 Å². The molecule has 0 radical (unpaired) electrons. The van der Waals surface area contributed by atoms with E-state index in [0.717, 1.165) is 53.9 Å². The van der Waals surface area contributed by atoms with Crippen LogP contribution in [0.5, 0.6) is 0 Å². The van der Waals surface area contributed by atoms with Gasteiger partial charge in [-0.1, -0.05) is 24.3 Å². The van der Waals surface area contributed by atoms with Crippen LogP contribution in [0, 0.1) is 0 Å². The molecular formula is C28H32N8O2S. The number of fused-ring (bicyclic) bond motifs is 1. The highest BCUT2D eigenvalue weighted by Gasteiger charge is 2.30. The van der Waals surface area contributed by atoms with E-state index in [0.29, 0.717) is 42.7 Å². The molecule has 202 valence electrons. The molecule has 2 aromatic heterocycles. The molecule has 11 heteroatoms. The number of nitrogens with zero attached hydrogens (tertiary/aromatic N) is 4. The molecule has 2 saturated heterocycles. The molecule has 0 atom stereocenters. The highest BCUT2D eigenvalue weighted by molar-refractivity contribution is 7.89. The number of sulfonamides is 1. The van der Waals surface area contributed by atoms with Gasteiger partial charge in [0, 0.05) is 93.1 Å². The Morgan fingerprint density at radius 3 is 2.38 bits per heavy atom. The van der Waals surface area contributed by atoms with Gasteiger partial charge in [-0.2, -0.15) is 4.31 Å². The van der Waals surface area contributed by atoms with E-state index in [4.69, 9.17) is 0 Å². The number of H-pyrrole nitrogens is 1. The van der Waals surface area contributed by atoms with Gasteiger partial charge in [-0.15, -0.1) is 0 Å². The maximum atomic E-state index is 13.6. The first-order valence-electron chi connectivity index (χ1n) is 13.2. The van der Waals surface area contributed by atoms with Gasteiger partial charge in [0.2, 0.25) is 16.0 Å². The molecule has 2 aromatic carbocycles. The van der Waals surface area contributed by atoms with Gasteiger partial charge in [0.25, 0.3) is 0 Å². The van der Waals surface area contributed by atoms with E-state index in [2.05, 4.69) is 60.1 Å². The molecule has 39 heavy (non-hydrogen) atoms. The van der Waals surface area contributed by atoms with Crippen LogP contribution < -0.4 is 20.9 Å². The number of hydrogen-bond acceptors (Lipinski definition) is 8. The minimum Gasteiger partial charge on any atom is -0.368 e. The van der Waals surface area contributed by atoms with Gasteiger partial charge < -0.3 is 25.8 Å². The second-order valence-corrected chi connectivity index (χ2v) is 11.6. The first kappa shape index (κ1) is 25.5. The van der Waals surface area contributed by atoms with E-state index in [1.807, 2.05) is 24.4 Å². The quantitative estimate of drug-likeness (QED) is 0.281. The van der Waals surface area contributed by atoms with Crippen LogP contribution in [-0.4, -0.2) is 80.0 Å². The van der Waals surface area contributed by atoms with Crippen LogP contribution in [0.25, 0.3) is 23.1 Å². The fourth-order valence-electron chi connectivity index (χ4n) is 5.05. The molecule has 4 heterocycles. The van der Waals surface area contributed by atoms with Gasteiger partial charge in [-0.3, -0.25) is 0 Å². The third-order valence-electron chi connectivity index (χ3n) is 7.12. The lowest BCUT2D eigenvalue weighted by atomic mass is 10.1. The van der Waals surface area contributed by atoms with Crippen LogP contribution >= 0.6 is 0 Å². The average Bonchev–Trinajstić information content (AvgIpc) is 3.47. The fraction of sp³-hybridized carbons (Fsp3) is 0.286. The molecule has 6 rings (SSSR count). The van der Waals surface area contributed by atoms with Crippen molar-refractivity contribution in [2.24, 2.45) is 0 Å². The third kappa shape index (κ3) is 5.52. The van der Waals surface area contributed by atoms with E-state index in [1.165, 1.54) is 0 Å². The zero-order valence-electron chi connectivity index (χ0n) is 21.6. The first-order valence-corrected chi connectivity index (χ1v) is 14.7. The van der Waals surface area contributed by atoms with Crippen molar-refractivity contribution < 1.29 is 8.42 Å². The van der Waals surface area contributed by atoms with E-state index in [-0.39, 0.29) is 0 Å². The summed E-state index contributed by atoms with van der Waals surface area (Å²) in [4.78, 5) is 14.7. The van der Waals surface area contributed by atoms with Crippen LogP contribution in [0.15, 0.2) is 66.0 Å². The molecular weight excluding hydrogens is 512 g/mol. The minimum absolute atomic E-state index is 0.343. The molecule has 0 aliphatic carbocycles. The van der Waals surface area contributed by atoms with Crippen molar-refractivity contribution in [3.8, 4) is 0 Å². The lowest BCUT2D eigenvalue weighted by Gasteiger charge is -2.33. The molecule has 4 aromatic rings. The normalized spacial score (nSPS) is 17.2. The summed E-state index contributed by atoms with van der Waals surface area (Å²) >= 11 is 0. The molecule has 4 N–H and O–H groups in total. The van der Waals surface area contributed by atoms with Crippen LogP contribution in [0.3, 0.4) is 0 Å². The minimum atomic E-state index is -3.61. The summed E-state index contributed by atoms with van der Waals surface area (Å²) < 4.78 is 28.7. The number of aromatic amines is 1. The fourth-order valence-corrected chi connectivity index (χ4v) is 6.68. The van der Waals surface area contributed by atoms with E-state index in [9.17, 15) is 8.42 Å². The number of aromatic nitrogens is 3. The summed E-state index contributed by atoms with van der Waals surface area (Å²) in [5.41, 5.74) is 4.54. The Kier molecular flexibility index (Phi) is 7.29. The topological polar surface area (TPSA) is 118 Å². The number of rotatable bonds is 7. The Morgan fingerprint density at radius 2 is 1.62 bits per heavy atom. The molecule has 2 aliphatic rings. The van der Waals surface area contributed by atoms with Crippen molar-refractivity contribution in [3.63, 3.8) is 0 Å². The van der Waals surface area contributed by atoms with Crippen molar-refractivity contribution in [2.75, 3.05) is 62.6 Å². The summed E-state index contributed by atoms with van der Waals surface area (Å²) in [6.45, 7) is 5.35. The standard InChI is InChI=1S/C28H32N8O2S/c37-39(38,36-16-12-30-13-17-36)27-7-6-23(18-26(27)35-14-10-29-11-15-35)34-28-32-19-21(20-33-28)4-5-22-2-1-3-25-24(22)8-9-31-25/h1-9,18-20,29-31H,10-17H2,(H,32,33,34). The monoisotopic (exact) mass is 544 g/mol. The summed E-state index contributed by atoms with van der Waals surface area (Å²) in [6, 6.07) is 13.6. The SMILES string of the molecule is O=S(=O)(c1ccc(Nc2ncc(C=Cc3cccc4[nH]ccc34)cn2)cc1N1CCNCC1)N1CCNCC1.